The highest BCUT2D eigenvalue weighted by molar-refractivity contribution is 5.79. The molecule has 0 saturated heterocycles. The van der Waals surface area contributed by atoms with Gasteiger partial charge in [0.25, 0.3) is 0 Å². The van der Waals surface area contributed by atoms with E-state index in [0.717, 1.165) is 0 Å². The van der Waals surface area contributed by atoms with Gasteiger partial charge < -0.3 is 10.4 Å². The maximum absolute atomic E-state index is 13.3. The van der Waals surface area contributed by atoms with E-state index in [9.17, 15) is 31.5 Å². The number of carboxylic acid groups (broad SMARTS) is 1. The van der Waals surface area contributed by atoms with E-state index in [2.05, 4.69) is 0 Å². The zero-order valence-electron chi connectivity index (χ0n) is 11.0. The van der Waals surface area contributed by atoms with Gasteiger partial charge in [-0.2, -0.15) is 22.0 Å². The van der Waals surface area contributed by atoms with E-state index in [4.69, 9.17) is 5.11 Å². The van der Waals surface area contributed by atoms with Crippen LogP contribution < -0.4 is 5.32 Å². The summed E-state index contributed by atoms with van der Waals surface area (Å²) in [6, 6.07) is 4.83. The first kappa shape index (κ1) is 17.9. The van der Waals surface area contributed by atoms with Crippen LogP contribution in [0.15, 0.2) is 30.3 Å². The third kappa shape index (κ3) is 4.68. The molecule has 1 rings (SSSR count). The van der Waals surface area contributed by atoms with Crippen LogP contribution in [-0.2, 0) is 16.0 Å². The fourth-order valence-electron chi connectivity index (χ4n) is 1.67. The summed E-state index contributed by atoms with van der Waals surface area (Å²) in [6.45, 7) is 0. The van der Waals surface area contributed by atoms with Gasteiger partial charge in [-0.25, -0.2) is 0 Å². The number of rotatable bonds is 6. The second kappa shape index (κ2) is 6.71. The summed E-state index contributed by atoms with van der Waals surface area (Å²) in [5.41, 5.74) is 0.393. The van der Waals surface area contributed by atoms with Crippen LogP contribution in [0.5, 0.6) is 0 Å². The molecule has 0 radical (unpaired) electrons. The Kier molecular flexibility index (Phi) is 5.45. The van der Waals surface area contributed by atoms with Crippen molar-refractivity contribution in [2.24, 2.45) is 0 Å². The number of aliphatic carboxylic acids is 1. The lowest BCUT2D eigenvalue weighted by molar-refractivity contribution is -0.292. The Morgan fingerprint density at radius 1 is 1.09 bits per heavy atom. The molecule has 0 spiro atoms. The van der Waals surface area contributed by atoms with Crippen LogP contribution in [0.1, 0.15) is 12.0 Å². The van der Waals surface area contributed by atoms with E-state index in [1.165, 1.54) is 17.4 Å². The Hall–Kier alpha value is -2.19. The number of nitrogens with one attached hydrogen (secondary N) is 1. The lowest BCUT2D eigenvalue weighted by Gasteiger charge is -2.28. The Morgan fingerprint density at radius 3 is 2.09 bits per heavy atom. The predicted octanol–water partition coefficient (Wildman–Crippen LogP) is 2.39. The molecular weight excluding hydrogens is 313 g/mol. The third-order valence-electron chi connectivity index (χ3n) is 2.74. The number of benzene rings is 1. The number of halogens is 5. The molecule has 0 fully saturated rings. The zero-order valence-corrected chi connectivity index (χ0v) is 11.0. The minimum absolute atomic E-state index is 0.393. The molecule has 0 aliphatic heterocycles. The average molecular weight is 325 g/mol. The molecular formula is C13H12F5NO3. The molecule has 0 aromatic heterocycles. The number of hydrogen-bond donors (Lipinski definition) is 2. The Bertz CT molecular complexity index is 530. The monoisotopic (exact) mass is 325 g/mol. The first-order valence-corrected chi connectivity index (χ1v) is 6.03. The molecule has 1 aromatic carbocycles. The van der Waals surface area contributed by atoms with Crippen molar-refractivity contribution in [1.82, 2.24) is 5.32 Å². The van der Waals surface area contributed by atoms with Gasteiger partial charge in [0.05, 0.1) is 12.8 Å². The maximum atomic E-state index is 13.3. The van der Waals surface area contributed by atoms with Crippen LogP contribution >= 0.6 is 0 Å². The van der Waals surface area contributed by atoms with Gasteiger partial charge in [0.15, 0.2) is 0 Å². The largest absolute Gasteiger partial charge is 0.481 e. The summed E-state index contributed by atoms with van der Waals surface area (Å²) in [7, 11) is 0. The van der Waals surface area contributed by atoms with Gasteiger partial charge in [-0.3, -0.25) is 9.59 Å². The van der Waals surface area contributed by atoms with Crippen molar-refractivity contribution in [3.63, 3.8) is 0 Å². The number of carbonyl (C=O) groups excluding carboxylic acids is 1. The van der Waals surface area contributed by atoms with Gasteiger partial charge in [0.1, 0.15) is 6.04 Å². The van der Waals surface area contributed by atoms with Gasteiger partial charge in [-0.15, -0.1) is 0 Å². The minimum atomic E-state index is -5.97. The quantitative estimate of drug-likeness (QED) is 0.789. The molecule has 0 saturated carbocycles. The second-order valence-corrected chi connectivity index (χ2v) is 4.50. The Labute approximate surface area is 121 Å². The van der Waals surface area contributed by atoms with Crippen LogP contribution in [0.4, 0.5) is 22.0 Å². The normalized spacial score (nSPS) is 13.5. The van der Waals surface area contributed by atoms with Gasteiger partial charge in [0.2, 0.25) is 5.91 Å². The fraction of sp³-hybridized carbons (Fsp3) is 0.385. The molecule has 4 nitrogen and oxygen atoms in total. The van der Waals surface area contributed by atoms with E-state index >= 15 is 0 Å². The standard InChI is InChI=1S/C13H12F5NO3/c14-12(15,13(16,17)18)9(7-11(21)22)19-10(20)6-8-4-2-1-3-5-8/h1-5,9H,6-7H2,(H,19,20)(H,21,22)/t9-/m0/s1. The highest BCUT2D eigenvalue weighted by Crippen LogP contribution is 2.39. The van der Waals surface area contributed by atoms with Crippen molar-refractivity contribution in [3.05, 3.63) is 35.9 Å². The molecule has 0 heterocycles. The maximum Gasteiger partial charge on any atom is 0.455 e. The second-order valence-electron chi connectivity index (χ2n) is 4.50. The van der Waals surface area contributed by atoms with Gasteiger partial charge in [-0.05, 0) is 5.56 Å². The van der Waals surface area contributed by atoms with Crippen molar-refractivity contribution in [2.45, 2.75) is 31.0 Å². The summed E-state index contributed by atoms with van der Waals surface area (Å²) >= 11 is 0. The number of carboxylic acids is 1. The summed E-state index contributed by atoms with van der Waals surface area (Å²) in [4.78, 5) is 22.0. The van der Waals surface area contributed by atoms with Crippen LogP contribution in [0.25, 0.3) is 0 Å². The number of hydrogen-bond acceptors (Lipinski definition) is 2. The third-order valence-corrected chi connectivity index (χ3v) is 2.74. The highest BCUT2D eigenvalue weighted by atomic mass is 19.4. The zero-order chi connectivity index (χ0) is 17.0. The van der Waals surface area contributed by atoms with E-state index in [-0.39, 0.29) is 0 Å². The summed E-state index contributed by atoms with van der Waals surface area (Å²) in [5.74, 6) is -8.35. The van der Waals surface area contributed by atoms with E-state index in [1.54, 1.807) is 18.2 Å². The average Bonchev–Trinajstić information content (AvgIpc) is 2.37. The van der Waals surface area contributed by atoms with Crippen molar-refractivity contribution in [1.29, 1.82) is 0 Å². The van der Waals surface area contributed by atoms with Crippen molar-refractivity contribution in [2.75, 3.05) is 0 Å². The van der Waals surface area contributed by atoms with Crippen LogP contribution in [-0.4, -0.2) is 35.1 Å². The van der Waals surface area contributed by atoms with Gasteiger partial charge in [-0.1, -0.05) is 30.3 Å². The molecule has 2 N–H and O–H groups in total. The number of alkyl halides is 5. The van der Waals surface area contributed by atoms with Crippen LogP contribution in [0, 0.1) is 0 Å². The number of carbonyl (C=O) groups is 2. The van der Waals surface area contributed by atoms with E-state index < -0.39 is 42.9 Å². The fourth-order valence-corrected chi connectivity index (χ4v) is 1.67. The molecule has 9 heteroatoms. The Balaban J connectivity index is 2.85. The molecule has 1 aromatic rings. The smallest absolute Gasteiger partial charge is 0.455 e. The molecule has 1 atom stereocenters. The van der Waals surface area contributed by atoms with Gasteiger partial charge >= 0.3 is 18.1 Å². The molecule has 0 unspecified atom stereocenters. The van der Waals surface area contributed by atoms with Crippen molar-refractivity contribution in [3.8, 4) is 0 Å². The number of amides is 1. The van der Waals surface area contributed by atoms with E-state index in [1.807, 2.05) is 0 Å². The SMILES string of the molecule is O=C(O)C[C@H](NC(=O)Cc1ccccc1)C(F)(F)C(F)(F)F. The molecule has 122 valence electrons. The molecule has 22 heavy (non-hydrogen) atoms. The molecule has 0 aliphatic rings. The van der Waals surface area contributed by atoms with Crippen molar-refractivity contribution < 1.29 is 36.6 Å². The first-order valence-electron chi connectivity index (χ1n) is 6.03. The first-order chi connectivity index (χ1) is 10.0. The molecule has 0 bridgehead atoms. The molecule has 0 aliphatic carbocycles. The Morgan fingerprint density at radius 2 is 1.64 bits per heavy atom. The van der Waals surface area contributed by atoms with Gasteiger partial charge in [0, 0.05) is 0 Å². The summed E-state index contributed by atoms with van der Waals surface area (Å²) in [6.07, 6.45) is -7.95. The summed E-state index contributed by atoms with van der Waals surface area (Å²) < 4.78 is 63.5. The highest BCUT2D eigenvalue weighted by Gasteiger charge is 2.63. The van der Waals surface area contributed by atoms with Crippen LogP contribution in [0.3, 0.4) is 0 Å². The summed E-state index contributed by atoms with van der Waals surface area (Å²) in [5, 5.41) is 9.92. The van der Waals surface area contributed by atoms with Crippen LogP contribution in [0.2, 0.25) is 0 Å². The topological polar surface area (TPSA) is 66.4 Å². The lowest BCUT2D eigenvalue weighted by Crippen LogP contribution is -2.56. The predicted molar refractivity (Wildman–Crippen MR) is 65.3 cm³/mol. The molecule has 1 amide bonds. The lowest BCUT2D eigenvalue weighted by atomic mass is 10.0. The van der Waals surface area contributed by atoms with E-state index in [0.29, 0.717) is 5.56 Å². The minimum Gasteiger partial charge on any atom is -0.481 e. The van der Waals surface area contributed by atoms with Crippen molar-refractivity contribution >= 4 is 11.9 Å².